The zero-order chi connectivity index (χ0) is 30.4. The highest BCUT2D eigenvalue weighted by atomic mass is 19.1. The molecule has 2 fully saturated rings. The third-order valence-electron chi connectivity index (χ3n) is 8.79. The Bertz CT molecular complexity index is 1720. The SMILES string of the molecule is CN1CCN(c2ccc(Nc3nc(N)nc(-c4cccc(N5CCc6cc(C7CC7)cc(F)c6C5=O)c4CO)n3)cc2)CC1. The number of nitrogens with zero attached hydrogens (tertiary/aromatic N) is 6. The first-order chi connectivity index (χ1) is 21.4. The van der Waals surface area contributed by atoms with Crippen molar-refractivity contribution in [2.24, 2.45) is 0 Å². The van der Waals surface area contributed by atoms with Crippen LogP contribution in [-0.2, 0) is 13.0 Å². The van der Waals surface area contributed by atoms with Gasteiger partial charge in [0.05, 0.1) is 17.9 Å². The van der Waals surface area contributed by atoms with Crippen LogP contribution in [0.15, 0.2) is 54.6 Å². The van der Waals surface area contributed by atoms with E-state index in [1.165, 1.54) is 11.0 Å². The molecule has 11 heteroatoms. The van der Waals surface area contributed by atoms with Crippen molar-refractivity contribution in [3.63, 3.8) is 0 Å². The molecule has 226 valence electrons. The fourth-order valence-electron chi connectivity index (χ4n) is 6.20. The molecule has 3 aliphatic rings. The molecule has 4 N–H and O–H groups in total. The minimum absolute atomic E-state index is 0.0114. The molecule has 0 radical (unpaired) electrons. The molecule has 10 nitrogen and oxygen atoms in total. The number of amides is 1. The van der Waals surface area contributed by atoms with Crippen molar-refractivity contribution in [1.82, 2.24) is 19.9 Å². The molecule has 0 spiro atoms. The molecule has 0 bridgehead atoms. The molecular formula is C33H35FN8O2. The Balaban J connectivity index is 1.15. The number of benzene rings is 3. The Morgan fingerprint density at radius 2 is 1.77 bits per heavy atom. The van der Waals surface area contributed by atoms with Crippen LogP contribution < -0.4 is 20.9 Å². The number of hydrogen-bond donors (Lipinski definition) is 3. The van der Waals surface area contributed by atoms with Crippen molar-refractivity contribution in [2.45, 2.75) is 31.8 Å². The van der Waals surface area contributed by atoms with Gasteiger partial charge in [0.15, 0.2) is 5.82 Å². The van der Waals surface area contributed by atoms with Gasteiger partial charge >= 0.3 is 0 Å². The van der Waals surface area contributed by atoms with Crippen LogP contribution in [0.3, 0.4) is 0 Å². The Hall–Kier alpha value is -4.61. The quantitative estimate of drug-likeness (QED) is 0.287. The van der Waals surface area contributed by atoms with Gasteiger partial charge in [0.25, 0.3) is 5.91 Å². The Labute approximate surface area is 255 Å². The number of nitrogens with one attached hydrogen (secondary N) is 1. The predicted molar refractivity (Wildman–Crippen MR) is 169 cm³/mol. The molecular weight excluding hydrogens is 559 g/mol. The van der Waals surface area contributed by atoms with Crippen LogP contribution in [0.1, 0.15) is 45.8 Å². The van der Waals surface area contributed by atoms with Crippen LogP contribution in [0.5, 0.6) is 0 Å². The maximum Gasteiger partial charge on any atom is 0.261 e. The number of piperazine rings is 1. The van der Waals surface area contributed by atoms with E-state index < -0.39 is 11.7 Å². The van der Waals surface area contributed by atoms with Gasteiger partial charge in [-0.1, -0.05) is 18.2 Å². The Morgan fingerprint density at radius 1 is 1.00 bits per heavy atom. The normalized spacial score (nSPS) is 17.1. The molecule has 1 saturated heterocycles. The number of nitrogen functional groups attached to an aromatic ring is 1. The summed E-state index contributed by atoms with van der Waals surface area (Å²) < 4.78 is 15.2. The first-order valence-corrected chi connectivity index (χ1v) is 15.1. The number of aliphatic hydroxyl groups excluding tert-OH is 1. The predicted octanol–water partition coefficient (Wildman–Crippen LogP) is 4.33. The van der Waals surface area contributed by atoms with Crippen molar-refractivity contribution in [2.75, 3.05) is 60.6 Å². The lowest BCUT2D eigenvalue weighted by molar-refractivity contribution is 0.0976. The molecule has 7 rings (SSSR count). The van der Waals surface area contributed by atoms with Crippen molar-refractivity contribution in [3.05, 3.63) is 82.7 Å². The number of likely N-dealkylation sites (N-methyl/N-ethyl adjacent to an activating group) is 1. The molecule has 4 aromatic rings. The summed E-state index contributed by atoms with van der Waals surface area (Å²) in [5.41, 5.74) is 11.3. The molecule has 0 unspecified atom stereocenters. The van der Waals surface area contributed by atoms with Crippen molar-refractivity contribution >= 4 is 34.9 Å². The van der Waals surface area contributed by atoms with E-state index in [-0.39, 0.29) is 29.9 Å². The van der Waals surface area contributed by atoms with Gasteiger partial charge in [-0.25, -0.2) is 4.39 Å². The number of anilines is 5. The van der Waals surface area contributed by atoms with E-state index in [9.17, 15) is 9.90 Å². The molecule has 1 aliphatic carbocycles. The maximum absolute atomic E-state index is 15.2. The van der Waals surface area contributed by atoms with Crippen LogP contribution in [-0.4, -0.2) is 70.6 Å². The first-order valence-electron chi connectivity index (χ1n) is 15.1. The lowest BCUT2D eigenvalue weighted by Gasteiger charge is -2.34. The highest BCUT2D eigenvalue weighted by molar-refractivity contribution is 6.09. The largest absolute Gasteiger partial charge is 0.392 e. The average molecular weight is 595 g/mol. The maximum atomic E-state index is 15.2. The van der Waals surface area contributed by atoms with Gasteiger partial charge in [0.1, 0.15) is 5.82 Å². The van der Waals surface area contributed by atoms with Gasteiger partial charge in [0.2, 0.25) is 11.9 Å². The Kier molecular flexibility index (Phi) is 7.35. The first kappa shape index (κ1) is 28.2. The van der Waals surface area contributed by atoms with Gasteiger partial charge in [0, 0.05) is 55.2 Å². The molecule has 1 saturated carbocycles. The number of aliphatic hydroxyl groups is 1. The number of nitrogens with two attached hydrogens (primary N) is 1. The minimum Gasteiger partial charge on any atom is -0.392 e. The minimum atomic E-state index is -0.488. The van der Waals surface area contributed by atoms with Gasteiger partial charge in [-0.2, -0.15) is 15.0 Å². The number of rotatable bonds is 7. The highest BCUT2D eigenvalue weighted by Crippen LogP contribution is 2.42. The van der Waals surface area contributed by atoms with Crippen LogP contribution in [0.2, 0.25) is 0 Å². The summed E-state index contributed by atoms with van der Waals surface area (Å²) in [6.07, 6.45) is 2.65. The molecule has 3 aromatic carbocycles. The van der Waals surface area contributed by atoms with Gasteiger partial charge < -0.3 is 30.9 Å². The van der Waals surface area contributed by atoms with E-state index in [1.54, 1.807) is 18.2 Å². The fourth-order valence-corrected chi connectivity index (χ4v) is 6.20. The molecule has 44 heavy (non-hydrogen) atoms. The van der Waals surface area contributed by atoms with E-state index in [4.69, 9.17) is 5.73 Å². The number of hydrogen-bond acceptors (Lipinski definition) is 9. The van der Waals surface area contributed by atoms with Gasteiger partial charge in [-0.05, 0) is 79.8 Å². The van der Waals surface area contributed by atoms with E-state index in [0.717, 1.165) is 61.5 Å². The molecule has 0 atom stereocenters. The zero-order valence-corrected chi connectivity index (χ0v) is 24.6. The topological polar surface area (TPSA) is 124 Å². The second-order valence-electron chi connectivity index (χ2n) is 11.8. The summed E-state index contributed by atoms with van der Waals surface area (Å²) in [5, 5.41) is 13.7. The zero-order valence-electron chi connectivity index (χ0n) is 24.6. The summed E-state index contributed by atoms with van der Waals surface area (Å²) in [6.45, 7) is 4.01. The number of halogens is 1. The van der Waals surface area contributed by atoms with E-state index in [2.05, 4.69) is 49.2 Å². The van der Waals surface area contributed by atoms with Crippen molar-refractivity contribution < 1.29 is 14.3 Å². The molecule has 1 amide bonds. The summed E-state index contributed by atoms with van der Waals surface area (Å²) in [4.78, 5) is 33.1. The number of aromatic nitrogens is 3. The summed E-state index contributed by atoms with van der Waals surface area (Å²) >= 11 is 0. The second-order valence-corrected chi connectivity index (χ2v) is 11.8. The Morgan fingerprint density at radius 3 is 2.50 bits per heavy atom. The molecule has 3 heterocycles. The van der Waals surface area contributed by atoms with E-state index in [1.807, 2.05) is 18.2 Å². The highest BCUT2D eigenvalue weighted by Gasteiger charge is 2.33. The fraction of sp³-hybridized carbons (Fsp3) is 0.333. The van der Waals surface area contributed by atoms with Gasteiger partial charge in [-0.3, -0.25) is 4.79 Å². The summed E-state index contributed by atoms with van der Waals surface area (Å²) in [5.74, 6) is 0.0103. The lowest BCUT2D eigenvalue weighted by Crippen LogP contribution is -2.44. The third-order valence-corrected chi connectivity index (χ3v) is 8.79. The second kappa shape index (κ2) is 11.5. The van der Waals surface area contributed by atoms with Crippen LogP contribution >= 0.6 is 0 Å². The van der Waals surface area contributed by atoms with E-state index >= 15 is 4.39 Å². The summed E-state index contributed by atoms with van der Waals surface area (Å²) in [6, 6.07) is 16.8. The van der Waals surface area contributed by atoms with Crippen LogP contribution in [0, 0.1) is 5.82 Å². The van der Waals surface area contributed by atoms with Crippen molar-refractivity contribution in [3.8, 4) is 11.4 Å². The summed E-state index contributed by atoms with van der Waals surface area (Å²) in [7, 11) is 2.13. The average Bonchev–Trinajstić information content (AvgIpc) is 3.87. The smallest absolute Gasteiger partial charge is 0.261 e. The van der Waals surface area contributed by atoms with Gasteiger partial charge in [-0.15, -0.1) is 0 Å². The lowest BCUT2D eigenvalue weighted by atomic mass is 9.93. The number of carbonyl (C=O) groups is 1. The number of carbonyl (C=O) groups excluding carboxylic acids is 1. The standard InChI is InChI=1S/C33H35FN8O2/c1-40-13-15-41(16-14-40)24-9-7-23(8-10-24)36-33-38-30(37-32(35)39-33)25-3-2-4-28(26(25)19-43)42-12-11-21-17-22(20-5-6-20)18-27(34)29(21)31(42)44/h2-4,7-10,17-18,20,43H,5-6,11-16,19H2,1H3,(H3,35,36,37,38,39). The van der Waals surface area contributed by atoms with Crippen molar-refractivity contribution in [1.29, 1.82) is 0 Å². The monoisotopic (exact) mass is 594 g/mol. The van der Waals surface area contributed by atoms with E-state index in [0.29, 0.717) is 35.7 Å². The number of fused-ring (bicyclic) bond motifs is 1. The molecule has 1 aromatic heterocycles. The third kappa shape index (κ3) is 5.44. The van der Waals surface area contributed by atoms with Crippen LogP contribution in [0.4, 0.5) is 33.3 Å². The molecule has 2 aliphatic heterocycles. The van der Waals surface area contributed by atoms with Crippen LogP contribution in [0.25, 0.3) is 11.4 Å².